The van der Waals surface area contributed by atoms with Crippen molar-refractivity contribution in [3.63, 3.8) is 0 Å². The molecule has 21 heavy (non-hydrogen) atoms. The highest BCUT2D eigenvalue weighted by Crippen LogP contribution is 2.31. The largest absolute Gasteiger partial charge is 0.342 e. The zero-order valence-electron chi connectivity index (χ0n) is 14.3. The van der Waals surface area contributed by atoms with Gasteiger partial charge < -0.3 is 10.2 Å². The zero-order chi connectivity index (χ0) is 16.2. The number of rotatable bonds is 6. The van der Waals surface area contributed by atoms with E-state index < -0.39 is 5.54 Å². The molecular formula is C17H30N2O2. The van der Waals surface area contributed by atoms with Crippen molar-refractivity contribution in [1.29, 1.82) is 0 Å². The molecule has 0 aromatic heterocycles. The minimum atomic E-state index is -0.701. The summed E-state index contributed by atoms with van der Waals surface area (Å²) in [6.45, 7) is 12.6. The van der Waals surface area contributed by atoms with Crippen LogP contribution in [0.2, 0.25) is 0 Å². The van der Waals surface area contributed by atoms with Gasteiger partial charge in [-0.3, -0.25) is 9.59 Å². The van der Waals surface area contributed by atoms with Crippen LogP contribution in [-0.2, 0) is 9.59 Å². The molecule has 120 valence electrons. The maximum Gasteiger partial charge on any atom is 0.246 e. The molecule has 4 nitrogen and oxygen atoms in total. The summed E-state index contributed by atoms with van der Waals surface area (Å²) in [7, 11) is 0. The first kappa shape index (κ1) is 17.7. The molecule has 1 N–H and O–H groups in total. The fourth-order valence-corrected chi connectivity index (χ4v) is 2.95. The summed E-state index contributed by atoms with van der Waals surface area (Å²) in [5.41, 5.74) is 0.461. The van der Waals surface area contributed by atoms with Crippen molar-refractivity contribution >= 4 is 11.8 Å². The Bertz CT molecular complexity index is 421. The first-order valence-electron chi connectivity index (χ1n) is 8.09. The van der Waals surface area contributed by atoms with Crippen LogP contribution < -0.4 is 5.32 Å². The van der Waals surface area contributed by atoms with Crippen LogP contribution in [0.1, 0.15) is 60.8 Å². The fraction of sp³-hybridized carbons (Fsp3) is 0.765. The quantitative estimate of drug-likeness (QED) is 0.766. The molecular weight excluding hydrogens is 264 g/mol. The van der Waals surface area contributed by atoms with E-state index in [4.69, 9.17) is 0 Å². The van der Waals surface area contributed by atoms with Gasteiger partial charge in [0.05, 0.1) is 0 Å². The molecule has 4 heteroatoms. The van der Waals surface area contributed by atoms with Crippen LogP contribution in [-0.4, -0.2) is 34.8 Å². The van der Waals surface area contributed by atoms with Crippen LogP contribution in [0.15, 0.2) is 11.6 Å². The lowest BCUT2D eigenvalue weighted by Crippen LogP contribution is -2.71. The lowest BCUT2D eigenvalue weighted by Gasteiger charge is -2.48. The Morgan fingerprint density at radius 2 is 1.86 bits per heavy atom. The molecule has 0 aromatic rings. The summed E-state index contributed by atoms with van der Waals surface area (Å²) in [6, 6.07) is -0.390. The summed E-state index contributed by atoms with van der Waals surface area (Å²) >= 11 is 0. The molecule has 2 unspecified atom stereocenters. The van der Waals surface area contributed by atoms with Crippen molar-refractivity contribution in [2.24, 2.45) is 5.92 Å². The Morgan fingerprint density at radius 1 is 1.29 bits per heavy atom. The third-order valence-electron chi connectivity index (χ3n) is 4.82. The first-order chi connectivity index (χ1) is 9.83. The highest BCUT2D eigenvalue weighted by Gasteiger charge is 2.50. The molecule has 2 amide bonds. The molecule has 2 atom stereocenters. The zero-order valence-corrected chi connectivity index (χ0v) is 14.3. The van der Waals surface area contributed by atoms with Crippen molar-refractivity contribution < 1.29 is 9.59 Å². The standard InChI is InChI=1S/C17H30N2O2/c1-7-13(6)14-15(20)19(11-10-12(4)5)17(8-2,9-3)16(21)18-14/h10,13-14H,7-9,11H2,1-6H3,(H,18,21). The fourth-order valence-electron chi connectivity index (χ4n) is 2.95. The number of carbonyl (C=O) groups excluding carboxylic acids is 2. The first-order valence-corrected chi connectivity index (χ1v) is 8.09. The van der Waals surface area contributed by atoms with Crippen LogP contribution in [0, 0.1) is 5.92 Å². The van der Waals surface area contributed by atoms with Gasteiger partial charge in [0.1, 0.15) is 11.6 Å². The Balaban J connectivity index is 3.20. The van der Waals surface area contributed by atoms with Crippen LogP contribution in [0.5, 0.6) is 0 Å². The summed E-state index contributed by atoms with van der Waals surface area (Å²) in [5.74, 6) is 0.215. The van der Waals surface area contributed by atoms with Gasteiger partial charge >= 0.3 is 0 Å². The van der Waals surface area contributed by atoms with Crippen LogP contribution >= 0.6 is 0 Å². The molecule has 0 aromatic carbocycles. The Kier molecular flexibility index (Phi) is 5.99. The highest BCUT2D eigenvalue weighted by atomic mass is 16.2. The van der Waals surface area contributed by atoms with Gasteiger partial charge in [-0.2, -0.15) is 0 Å². The smallest absolute Gasteiger partial charge is 0.246 e. The topological polar surface area (TPSA) is 49.4 Å². The Labute approximate surface area is 129 Å². The van der Waals surface area contributed by atoms with E-state index in [0.717, 1.165) is 12.0 Å². The van der Waals surface area contributed by atoms with E-state index in [1.165, 1.54) is 0 Å². The molecule has 1 rings (SSSR count). The number of amides is 2. The van der Waals surface area contributed by atoms with Crippen LogP contribution in [0.4, 0.5) is 0 Å². The lowest BCUT2D eigenvalue weighted by atomic mass is 9.83. The SMILES string of the molecule is CCC(C)C1NC(=O)C(CC)(CC)N(CC=C(C)C)C1=O. The van der Waals surface area contributed by atoms with E-state index >= 15 is 0 Å². The second-order valence-electron chi connectivity index (χ2n) is 6.31. The predicted octanol–water partition coefficient (Wildman–Crippen LogP) is 2.88. The Morgan fingerprint density at radius 3 is 2.29 bits per heavy atom. The molecule has 1 aliphatic rings. The minimum Gasteiger partial charge on any atom is -0.342 e. The van der Waals surface area contributed by atoms with Crippen molar-refractivity contribution in [3.05, 3.63) is 11.6 Å². The summed E-state index contributed by atoms with van der Waals surface area (Å²) in [6.07, 6.45) is 4.19. The highest BCUT2D eigenvalue weighted by molar-refractivity contribution is 6.00. The average Bonchev–Trinajstić information content (AvgIpc) is 2.46. The van der Waals surface area contributed by atoms with Crippen molar-refractivity contribution in [3.8, 4) is 0 Å². The third kappa shape index (κ3) is 3.30. The van der Waals surface area contributed by atoms with Gasteiger partial charge in [-0.25, -0.2) is 0 Å². The second kappa shape index (κ2) is 7.10. The maximum atomic E-state index is 12.9. The number of carbonyl (C=O) groups is 2. The van der Waals surface area contributed by atoms with Gasteiger partial charge in [0.2, 0.25) is 11.8 Å². The monoisotopic (exact) mass is 294 g/mol. The van der Waals surface area contributed by atoms with E-state index in [2.05, 4.69) is 5.32 Å². The number of nitrogens with zero attached hydrogens (tertiary/aromatic N) is 1. The van der Waals surface area contributed by atoms with Gasteiger partial charge in [0.25, 0.3) is 0 Å². The van der Waals surface area contributed by atoms with Gasteiger partial charge in [0, 0.05) is 6.54 Å². The van der Waals surface area contributed by atoms with Crippen LogP contribution in [0.25, 0.3) is 0 Å². The van der Waals surface area contributed by atoms with E-state index in [9.17, 15) is 9.59 Å². The maximum absolute atomic E-state index is 12.9. The third-order valence-corrected chi connectivity index (χ3v) is 4.82. The van der Waals surface area contributed by atoms with E-state index in [1.807, 2.05) is 47.6 Å². The molecule has 0 aliphatic carbocycles. The summed E-state index contributed by atoms with van der Waals surface area (Å²) in [5, 5.41) is 2.98. The predicted molar refractivity (Wildman–Crippen MR) is 85.8 cm³/mol. The number of allylic oxidation sites excluding steroid dienone is 1. The van der Waals surface area contributed by atoms with Crippen molar-refractivity contribution in [2.75, 3.05) is 6.54 Å². The number of nitrogens with one attached hydrogen (secondary N) is 1. The minimum absolute atomic E-state index is 0.000411. The molecule has 1 aliphatic heterocycles. The van der Waals surface area contributed by atoms with Gasteiger partial charge in [-0.1, -0.05) is 45.8 Å². The van der Waals surface area contributed by atoms with Crippen molar-refractivity contribution in [1.82, 2.24) is 10.2 Å². The van der Waals surface area contributed by atoms with Crippen LogP contribution in [0.3, 0.4) is 0 Å². The molecule has 0 saturated carbocycles. The number of piperazine rings is 1. The number of hydrogen-bond acceptors (Lipinski definition) is 2. The number of hydrogen-bond donors (Lipinski definition) is 1. The van der Waals surface area contributed by atoms with E-state index in [0.29, 0.717) is 19.4 Å². The second-order valence-corrected chi connectivity index (χ2v) is 6.31. The average molecular weight is 294 g/mol. The van der Waals surface area contributed by atoms with Crippen molar-refractivity contribution in [2.45, 2.75) is 72.4 Å². The molecule has 1 saturated heterocycles. The summed E-state index contributed by atoms with van der Waals surface area (Å²) in [4.78, 5) is 27.4. The lowest BCUT2D eigenvalue weighted by molar-refractivity contribution is -0.159. The van der Waals surface area contributed by atoms with E-state index in [1.54, 1.807) is 4.90 Å². The van der Waals surface area contributed by atoms with Gasteiger partial charge in [0.15, 0.2) is 0 Å². The molecule has 1 fully saturated rings. The molecule has 0 bridgehead atoms. The molecule has 0 radical (unpaired) electrons. The van der Waals surface area contributed by atoms with E-state index in [-0.39, 0.29) is 23.8 Å². The van der Waals surface area contributed by atoms with Gasteiger partial charge in [-0.15, -0.1) is 0 Å². The normalized spacial score (nSPS) is 22.8. The van der Waals surface area contributed by atoms with Gasteiger partial charge in [-0.05, 0) is 32.6 Å². The molecule has 1 heterocycles. The molecule has 0 spiro atoms. The summed E-state index contributed by atoms with van der Waals surface area (Å²) < 4.78 is 0. The Hall–Kier alpha value is -1.32.